The fraction of sp³-hybridized carbons (Fsp3) is 0.324. The second kappa shape index (κ2) is 12.9. The summed E-state index contributed by atoms with van der Waals surface area (Å²) in [5, 5.41) is 48.0. The molecule has 10 nitrogen and oxygen atoms in total. The van der Waals surface area contributed by atoms with Crippen LogP contribution in [0.3, 0.4) is 0 Å². The monoisotopic (exact) mass is 657 g/mol. The van der Waals surface area contributed by atoms with E-state index in [1.165, 1.54) is 0 Å². The van der Waals surface area contributed by atoms with E-state index in [-0.39, 0.29) is 52.7 Å². The van der Waals surface area contributed by atoms with E-state index in [1.54, 1.807) is 19.1 Å². The quantitative estimate of drug-likeness (QED) is 0.275. The minimum atomic E-state index is -1.48. The maximum atomic E-state index is 12.6. The molecule has 5 rings (SSSR count). The molecule has 1 fully saturated rings. The fourth-order valence-corrected chi connectivity index (χ4v) is 6.45. The van der Waals surface area contributed by atoms with E-state index < -0.39 is 30.2 Å². The van der Waals surface area contributed by atoms with Crippen molar-refractivity contribution >= 4 is 29.1 Å². The molecule has 2 atom stereocenters. The Hall–Kier alpha value is -4.47. The van der Waals surface area contributed by atoms with Gasteiger partial charge in [-0.25, -0.2) is 15.0 Å². The first-order valence-corrected chi connectivity index (χ1v) is 14.6. The third kappa shape index (κ3) is 5.98. The number of allylic oxidation sites excluding steroid dienone is 11. The summed E-state index contributed by atoms with van der Waals surface area (Å²) in [6, 6.07) is 0. The molecule has 0 aromatic rings. The summed E-state index contributed by atoms with van der Waals surface area (Å²) in [6.07, 6.45) is 7.45. The maximum absolute atomic E-state index is 12.6. The summed E-state index contributed by atoms with van der Waals surface area (Å²) in [5.74, 6) is -4.37. The number of carboxylic acid groups (broad SMARTS) is 2. The molecule has 11 heteroatoms. The number of aliphatic carboxylic acids is 2. The van der Waals surface area contributed by atoms with E-state index in [4.69, 9.17) is 15.0 Å². The van der Waals surface area contributed by atoms with Crippen molar-refractivity contribution in [3.8, 4) is 0 Å². The van der Waals surface area contributed by atoms with Crippen LogP contribution in [0.4, 0.5) is 0 Å². The van der Waals surface area contributed by atoms with Crippen LogP contribution in [0, 0.1) is 11.8 Å². The van der Waals surface area contributed by atoms with E-state index in [9.17, 15) is 30.0 Å². The first-order valence-electron chi connectivity index (χ1n) is 14.6. The van der Waals surface area contributed by atoms with Gasteiger partial charge in [-0.3, -0.25) is 9.59 Å². The van der Waals surface area contributed by atoms with Gasteiger partial charge < -0.3 is 25.7 Å². The molecule has 0 amide bonds. The van der Waals surface area contributed by atoms with E-state index in [1.807, 2.05) is 39.8 Å². The van der Waals surface area contributed by atoms with Crippen molar-refractivity contribution in [1.82, 2.24) is 5.32 Å². The average Bonchev–Trinajstić information content (AvgIpc) is 3.63. The molecule has 2 unspecified atom stereocenters. The SMILES string of the molecule is C=CC1=C(C)C2=NC1=CC1=NC(=CC3=C(C)C(=C([O-])[O-])C(=N3)C(CC(=O)O)=C3NC(=C2)C(C)C3CCC(=O)O)C(CC)=C1C.[Cu+2]. The van der Waals surface area contributed by atoms with Crippen molar-refractivity contribution < 1.29 is 47.1 Å². The summed E-state index contributed by atoms with van der Waals surface area (Å²) >= 11 is 0. The molecular weight excluding hydrogens is 624 g/mol. The Kier molecular flexibility index (Phi) is 9.56. The van der Waals surface area contributed by atoms with Gasteiger partial charge >= 0.3 is 29.0 Å². The Morgan fingerprint density at radius 2 is 1.62 bits per heavy atom. The topological polar surface area (TPSA) is 170 Å². The molecule has 0 aliphatic carbocycles. The molecular formula is C34H34CuN4O6. The van der Waals surface area contributed by atoms with E-state index in [0.717, 1.165) is 28.0 Å². The Bertz CT molecular complexity index is 1770. The summed E-state index contributed by atoms with van der Waals surface area (Å²) in [6.45, 7) is 13.5. The number of nitrogens with zero attached hydrogens (tertiary/aromatic N) is 3. The zero-order chi connectivity index (χ0) is 32.0. The van der Waals surface area contributed by atoms with Crippen molar-refractivity contribution in [3.63, 3.8) is 0 Å². The Morgan fingerprint density at radius 3 is 2.22 bits per heavy atom. The van der Waals surface area contributed by atoms with Crippen LogP contribution < -0.4 is 15.5 Å². The standard InChI is InChI=1S/C34H36N4O6.Cu/c1-7-19-15(3)23-12-25-17(5)21(9-10-29(39)40)32(37-25)22(11-30(41)42)33-31(34(43)44)18(6)26(38-33)14-28-20(8-2)16(4)24(36-28)13-27(19)35-23;/h7,12-14,17,21,37,43-44H,1,8-11H2,2-6H3,(H,39,40)(H,41,42);/q;+2/p-2. The molecule has 5 heterocycles. The van der Waals surface area contributed by atoms with Crippen LogP contribution >= 0.6 is 0 Å². The Balaban J connectivity index is 0.00000461. The van der Waals surface area contributed by atoms with Gasteiger partial charge in [0.15, 0.2) is 0 Å². The Morgan fingerprint density at radius 1 is 0.956 bits per heavy atom. The van der Waals surface area contributed by atoms with Crippen LogP contribution in [0.1, 0.15) is 60.3 Å². The van der Waals surface area contributed by atoms with Gasteiger partial charge in [-0.2, -0.15) is 5.95 Å². The number of fused-ring (bicyclic) bond motifs is 5. The minimum Gasteiger partial charge on any atom is -0.883 e. The molecule has 5 aliphatic rings. The molecule has 3 N–H and O–H groups in total. The third-order valence-electron chi connectivity index (χ3n) is 8.87. The molecule has 1 radical (unpaired) electrons. The number of hydrogen-bond acceptors (Lipinski definition) is 8. The van der Waals surface area contributed by atoms with Crippen LogP contribution in [-0.4, -0.2) is 39.3 Å². The van der Waals surface area contributed by atoms with Crippen molar-refractivity contribution in [3.05, 3.63) is 104 Å². The molecule has 1 saturated heterocycles. The summed E-state index contributed by atoms with van der Waals surface area (Å²) in [5.41, 5.74) is 8.20. The Labute approximate surface area is 272 Å². The number of hydrogen-bond donors (Lipinski definition) is 3. The number of aliphatic imine (C=N–C) groups is 3. The fourth-order valence-electron chi connectivity index (χ4n) is 6.45. The van der Waals surface area contributed by atoms with Crippen LogP contribution in [0.15, 0.2) is 119 Å². The van der Waals surface area contributed by atoms with Gasteiger partial charge in [0.1, 0.15) is 0 Å². The first kappa shape index (κ1) is 33.4. The number of rotatable bonds is 7. The maximum Gasteiger partial charge on any atom is 2.00 e. The molecule has 0 spiro atoms. The number of nitrogens with one attached hydrogen (secondary N) is 1. The second-order valence-electron chi connectivity index (χ2n) is 11.4. The predicted molar refractivity (Wildman–Crippen MR) is 164 cm³/mol. The average molecular weight is 658 g/mol. The molecule has 0 saturated carbocycles. The van der Waals surface area contributed by atoms with Gasteiger partial charge in [-0.1, -0.05) is 26.5 Å². The zero-order valence-corrected chi connectivity index (χ0v) is 26.6. The normalized spacial score (nSPS) is 22.4. The van der Waals surface area contributed by atoms with Crippen LogP contribution in [0.2, 0.25) is 0 Å². The number of carbonyl (C=O) groups is 2. The van der Waals surface area contributed by atoms with Crippen LogP contribution in [0.5, 0.6) is 0 Å². The van der Waals surface area contributed by atoms with Gasteiger partial charge in [-0.15, -0.1) is 0 Å². The summed E-state index contributed by atoms with van der Waals surface area (Å²) in [4.78, 5) is 38.4. The molecule has 5 aliphatic heterocycles. The van der Waals surface area contributed by atoms with E-state index in [0.29, 0.717) is 46.2 Å². The van der Waals surface area contributed by atoms with Gasteiger partial charge in [0.25, 0.3) is 0 Å². The van der Waals surface area contributed by atoms with Gasteiger partial charge in [0, 0.05) is 40.8 Å². The van der Waals surface area contributed by atoms with Crippen molar-refractivity contribution in [2.75, 3.05) is 0 Å². The van der Waals surface area contributed by atoms with Gasteiger partial charge in [-0.05, 0) is 79.7 Å². The van der Waals surface area contributed by atoms with Gasteiger partial charge in [0.2, 0.25) is 0 Å². The molecule has 237 valence electrons. The second-order valence-corrected chi connectivity index (χ2v) is 11.4. The van der Waals surface area contributed by atoms with Crippen LogP contribution in [-0.2, 0) is 26.7 Å². The van der Waals surface area contributed by atoms with Gasteiger partial charge in [0.05, 0.1) is 40.6 Å². The minimum absolute atomic E-state index is 0. The predicted octanol–water partition coefficient (Wildman–Crippen LogP) is 3.90. The number of carboxylic acids is 2. The van der Waals surface area contributed by atoms with Crippen molar-refractivity contribution in [2.24, 2.45) is 26.8 Å². The molecule has 45 heavy (non-hydrogen) atoms. The smallest absolute Gasteiger partial charge is 0.883 e. The van der Waals surface area contributed by atoms with E-state index in [2.05, 4.69) is 11.9 Å². The van der Waals surface area contributed by atoms with Crippen molar-refractivity contribution in [2.45, 2.75) is 60.3 Å². The molecule has 0 aromatic carbocycles. The van der Waals surface area contributed by atoms with Crippen molar-refractivity contribution in [1.29, 1.82) is 0 Å². The first-order chi connectivity index (χ1) is 20.9. The molecule has 8 bridgehead atoms. The largest absolute Gasteiger partial charge is 2.00 e. The zero-order valence-electron chi connectivity index (χ0n) is 25.7. The van der Waals surface area contributed by atoms with E-state index >= 15 is 0 Å². The summed E-state index contributed by atoms with van der Waals surface area (Å²) in [7, 11) is 0. The third-order valence-corrected chi connectivity index (χ3v) is 8.87. The molecule has 0 aromatic heterocycles. The summed E-state index contributed by atoms with van der Waals surface area (Å²) < 4.78 is 0. The van der Waals surface area contributed by atoms with Crippen LogP contribution in [0.25, 0.3) is 0 Å².